The zero-order chi connectivity index (χ0) is 18.0. The maximum absolute atomic E-state index is 10.1. The Morgan fingerprint density at radius 3 is 1.88 bits per heavy atom. The van der Waals surface area contributed by atoms with Crippen LogP contribution in [0.5, 0.6) is 0 Å². The first-order chi connectivity index (χ1) is 11.3. The van der Waals surface area contributed by atoms with Crippen molar-refractivity contribution in [3.63, 3.8) is 0 Å². The summed E-state index contributed by atoms with van der Waals surface area (Å²) in [6.45, 7) is -1.25. The summed E-state index contributed by atoms with van der Waals surface area (Å²) in [6.07, 6.45) is -14.2. The zero-order valence-corrected chi connectivity index (χ0v) is 13.0. The maximum atomic E-state index is 10.1. The van der Waals surface area contributed by atoms with Crippen LogP contribution in [0.4, 0.5) is 0 Å². The number of aliphatic hydroxyl groups excluding tert-OH is 7. The largest absolute Gasteiger partial charge is 0.394 e. The quantitative estimate of drug-likeness (QED) is 0.251. The lowest BCUT2D eigenvalue weighted by Crippen LogP contribution is -2.64. The molecule has 2 heterocycles. The molecule has 0 amide bonds. The highest BCUT2D eigenvalue weighted by Crippen LogP contribution is 2.29. The van der Waals surface area contributed by atoms with Crippen LogP contribution in [-0.4, -0.2) is 117 Å². The Hall–Kier alpha value is -0.440. The highest BCUT2D eigenvalue weighted by Gasteiger charge is 2.50. The Morgan fingerprint density at radius 2 is 1.33 bits per heavy atom. The second-order valence-corrected chi connectivity index (χ2v) is 5.74. The van der Waals surface area contributed by atoms with Crippen molar-refractivity contribution in [1.82, 2.24) is 0 Å². The first-order valence-corrected chi connectivity index (χ1v) is 7.46. The molecule has 142 valence electrons. The van der Waals surface area contributed by atoms with E-state index in [1.54, 1.807) is 0 Å². The summed E-state index contributed by atoms with van der Waals surface area (Å²) in [5.41, 5.74) is 0. The van der Waals surface area contributed by atoms with Gasteiger partial charge in [-0.2, -0.15) is 0 Å². The van der Waals surface area contributed by atoms with Gasteiger partial charge < -0.3 is 54.7 Å². The summed E-state index contributed by atoms with van der Waals surface area (Å²) in [5.74, 6) is 0. The number of ether oxygens (including phenoxy) is 4. The zero-order valence-electron chi connectivity index (χ0n) is 13.0. The van der Waals surface area contributed by atoms with Crippen LogP contribution >= 0.6 is 0 Å². The molecule has 2 fully saturated rings. The normalized spacial score (nSPS) is 50.0. The third-order valence-electron chi connectivity index (χ3n) is 4.23. The van der Waals surface area contributed by atoms with Crippen molar-refractivity contribution in [2.24, 2.45) is 0 Å². The van der Waals surface area contributed by atoms with Gasteiger partial charge in [-0.05, 0) is 0 Å². The molecule has 0 saturated carbocycles. The van der Waals surface area contributed by atoms with Gasteiger partial charge in [0.05, 0.1) is 13.2 Å². The van der Waals surface area contributed by atoms with Crippen molar-refractivity contribution in [3.05, 3.63) is 0 Å². The van der Waals surface area contributed by atoms with E-state index in [2.05, 4.69) is 0 Å². The number of hydrogen-bond acceptors (Lipinski definition) is 11. The summed E-state index contributed by atoms with van der Waals surface area (Å²) in [4.78, 5) is 0. The van der Waals surface area contributed by atoms with Crippen molar-refractivity contribution >= 4 is 0 Å². The summed E-state index contributed by atoms with van der Waals surface area (Å²) >= 11 is 0. The second kappa shape index (κ2) is 8.29. The molecule has 11 nitrogen and oxygen atoms in total. The van der Waals surface area contributed by atoms with Gasteiger partial charge in [0.25, 0.3) is 0 Å². The van der Waals surface area contributed by atoms with Crippen LogP contribution in [0.2, 0.25) is 0 Å². The Balaban J connectivity index is 2.16. The average molecular weight is 356 g/mol. The van der Waals surface area contributed by atoms with Crippen molar-refractivity contribution in [1.29, 1.82) is 0 Å². The fourth-order valence-electron chi connectivity index (χ4n) is 2.80. The van der Waals surface area contributed by atoms with Gasteiger partial charge >= 0.3 is 0 Å². The minimum atomic E-state index is -1.72. The maximum Gasteiger partial charge on any atom is 0.187 e. The highest BCUT2D eigenvalue weighted by atomic mass is 16.7. The molecular formula is C13H24O11. The Labute approximate surface area is 137 Å². The molecule has 7 N–H and O–H groups in total. The minimum Gasteiger partial charge on any atom is -0.394 e. The van der Waals surface area contributed by atoms with Crippen LogP contribution in [0.3, 0.4) is 0 Å². The van der Waals surface area contributed by atoms with E-state index in [0.717, 1.165) is 0 Å². The van der Waals surface area contributed by atoms with E-state index in [9.17, 15) is 30.6 Å². The highest BCUT2D eigenvalue weighted by molar-refractivity contribution is 4.94. The molecule has 24 heavy (non-hydrogen) atoms. The van der Waals surface area contributed by atoms with E-state index >= 15 is 0 Å². The van der Waals surface area contributed by atoms with Gasteiger partial charge in [-0.1, -0.05) is 0 Å². The molecule has 0 aromatic carbocycles. The molecule has 0 aromatic heterocycles. The smallest absolute Gasteiger partial charge is 0.187 e. The molecule has 0 spiro atoms. The summed E-state index contributed by atoms with van der Waals surface area (Å²) in [5, 5.41) is 67.9. The van der Waals surface area contributed by atoms with E-state index in [0.29, 0.717) is 0 Å². The average Bonchev–Trinajstić information content (AvgIpc) is 2.57. The molecule has 0 bridgehead atoms. The third kappa shape index (κ3) is 3.71. The standard InChI is InChI=1S/C13H24O11/c1-21-11-8(18)6(16)4(2-14)23-13(11)24-10-7(17)5(3-15)22-12(20)9(10)19/h4-20H,2-3H2,1H3. The fourth-order valence-corrected chi connectivity index (χ4v) is 2.80. The predicted octanol–water partition coefficient (Wildman–Crippen LogP) is -4.74. The monoisotopic (exact) mass is 356 g/mol. The number of hydrogen-bond donors (Lipinski definition) is 7. The van der Waals surface area contributed by atoms with Crippen LogP contribution in [-0.2, 0) is 18.9 Å². The van der Waals surface area contributed by atoms with Gasteiger partial charge in [0, 0.05) is 7.11 Å². The predicted molar refractivity (Wildman–Crippen MR) is 73.4 cm³/mol. The van der Waals surface area contributed by atoms with E-state index in [1.165, 1.54) is 7.11 Å². The summed E-state index contributed by atoms with van der Waals surface area (Å²) in [6, 6.07) is 0. The molecule has 2 saturated heterocycles. The van der Waals surface area contributed by atoms with Gasteiger partial charge in [0.1, 0.15) is 48.8 Å². The van der Waals surface area contributed by atoms with Gasteiger partial charge in [-0.15, -0.1) is 0 Å². The lowest BCUT2D eigenvalue weighted by Gasteiger charge is -2.45. The van der Waals surface area contributed by atoms with Crippen LogP contribution in [0.25, 0.3) is 0 Å². The molecule has 10 atom stereocenters. The molecular weight excluding hydrogens is 332 g/mol. The third-order valence-corrected chi connectivity index (χ3v) is 4.23. The Morgan fingerprint density at radius 1 is 0.750 bits per heavy atom. The van der Waals surface area contributed by atoms with Crippen molar-refractivity contribution in [3.8, 4) is 0 Å². The van der Waals surface area contributed by atoms with Gasteiger partial charge in [-0.25, -0.2) is 0 Å². The van der Waals surface area contributed by atoms with Crippen molar-refractivity contribution < 1.29 is 54.7 Å². The van der Waals surface area contributed by atoms with Gasteiger partial charge in [0.2, 0.25) is 0 Å². The van der Waals surface area contributed by atoms with E-state index in [-0.39, 0.29) is 0 Å². The minimum absolute atomic E-state index is 0.616. The summed E-state index contributed by atoms with van der Waals surface area (Å²) < 4.78 is 20.6. The lowest BCUT2D eigenvalue weighted by molar-refractivity contribution is -0.357. The Bertz CT molecular complexity index is 396. The molecule has 2 aliphatic heterocycles. The molecule has 10 unspecified atom stereocenters. The van der Waals surface area contributed by atoms with Crippen molar-refractivity contribution in [2.45, 2.75) is 61.4 Å². The van der Waals surface area contributed by atoms with Crippen LogP contribution in [0, 0.1) is 0 Å². The fraction of sp³-hybridized carbons (Fsp3) is 1.00. The van der Waals surface area contributed by atoms with E-state index < -0.39 is 74.6 Å². The van der Waals surface area contributed by atoms with Gasteiger partial charge in [0.15, 0.2) is 12.6 Å². The number of methoxy groups -OCH3 is 1. The number of aliphatic hydroxyl groups is 7. The molecule has 11 heteroatoms. The molecule has 2 aliphatic rings. The molecule has 0 radical (unpaired) electrons. The first-order valence-electron chi connectivity index (χ1n) is 7.46. The molecule has 2 rings (SSSR count). The van der Waals surface area contributed by atoms with Crippen LogP contribution in [0.1, 0.15) is 0 Å². The van der Waals surface area contributed by atoms with Crippen molar-refractivity contribution in [2.75, 3.05) is 20.3 Å². The van der Waals surface area contributed by atoms with Crippen LogP contribution in [0.15, 0.2) is 0 Å². The SMILES string of the molecule is COC1C(OC2C(O)C(O)OC(CO)C2O)OC(CO)C(O)C1O. The lowest BCUT2D eigenvalue weighted by atomic mass is 9.97. The van der Waals surface area contributed by atoms with E-state index in [1.807, 2.05) is 0 Å². The number of rotatable bonds is 5. The second-order valence-electron chi connectivity index (χ2n) is 5.74. The topological polar surface area (TPSA) is 179 Å². The van der Waals surface area contributed by atoms with E-state index in [4.69, 9.17) is 24.1 Å². The van der Waals surface area contributed by atoms with Crippen LogP contribution < -0.4 is 0 Å². The first kappa shape index (κ1) is 19.9. The molecule has 0 aromatic rings. The molecule has 0 aliphatic carbocycles. The summed E-state index contributed by atoms with van der Waals surface area (Å²) in [7, 11) is 1.22. The Kier molecular flexibility index (Phi) is 6.87. The van der Waals surface area contributed by atoms with Gasteiger partial charge in [-0.3, -0.25) is 0 Å².